The third kappa shape index (κ3) is 4.57. The van der Waals surface area contributed by atoms with Crippen molar-refractivity contribution in [3.63, 3.8) is 0 Å². The molecule has 0 radical (unpaired) electrons. The lowest BCUT2D eigenvalue weighted by Gasteiger charge is -2.02. The molecule has 5 nitrogen and oxygen atoms in total. The van der Waals surface area contributed by atoms with Crippen molar-refractivity contribution in [2.45, 2.75) is 17.7 Å². The highest BCUT2D eigenvalue weighted by Crippen LogP contribution is 2.29. The first-order valence-electron chi connectivity index (χ1n) is 6.80. The van der Waals surface area contributed by atoms with Crippen LogP contribution in [-0.2, 0) is 10.5 Å². The second-order valence-electron chi connectivity index (χ2n) is 4.14. The van der Waals surface area contributed by atoms with Gasteiger partial charge in [0.1, 0.15) is 4.88 Å². The normalized spacial score (nSPS) is 10.2. The number of pyridine rings is 1. The van der Waals surface area contributed by atoms with Crippen LogP contribution in [0.15, 0.2) is 42.1 Å². The van der Waals surface area contributed by atoms with Crippen molar-refractivity contribution >= 4 is 34.2 Å². The molecule has 0 unspecified atom stereocenters. The lowest BCUT2D eigenvalue weighted by molar-refractivity contribution is 0.0531. The molecule has 0 aromatic carbocycles. The van der Waals surface area contributed by atoms with Gasteiger partial charge in [-0.05, 0) is 19.1 Å². The fourth-order valence-electron chi connectivity index (χ4n) is 1.62. The molecule has 2 heterocycles. The molecule has 0 fully saturated rings. The van der Waals surface area contributed by atoms with Crippen LogP contribution in [0.2, 0.25) is 0 Å². The Morgan fingerprint density at radius 2 is 2.41 bits per heavy atom. The summed E-state index contributed by atoms with van der Waals surface area (Å²) in [6.45, 7) is 6.39. The Hall–Kier alpha value is -1.86. The first-order valence-corrected chi connectivity index (χ1v) is 8.60. The van der Waals surface area contributed by atoms with Crippen LogP contribution in [0.4, 0.5) is 5.13 Å². The van der Waals surface area contributed by atoms with Gasteiger partial charge in [-0.25, -0.2) is 14.8 Å². The summed E-state index contributed by atoms with van der Waals surface area (Å²) in [6.07, 6.45) is 3.49. The molecule has 0 spiro atoms. The molecule has 0 aliphatic carbocycles. The number of esters is 1. The predicted molar refractivity (Wildman–Crippen MR) is 90.6 cm³/mol. The van der Waals surface area contributed by atoms with Crippen molar-refractivity contribution in [3.8, 4) is 0 Å². The number of carbonyl (C=O) groups is 1. The van der Waals surface area contributed by atoms with Gasteiger partial charge in [-0.1, -0.05) is 35.2 Å². The molecule has 0 saturated carbocycles. The topological polar surface area (TPSA) is 64.1 Å². The number of thioether (sulfide) groups is 1. The molecule has 2 aromatic rings. The number of hydrogen-bond donors (Lipinski definition) is 1. The van der Waals surface area contributed by atoms with Gasteiger partial charge in [0.2, 0.25) is 0 Å². The van der Waals surface area contributed by atoms with Crippen LogP contribution in [0.25, 0.3) is 0 Å². The van der Waals surface area contributed by atoms with Gasteiger partial charge < -0.3 is 10.1 Å². The van der Waals surface area contributed by atoms with Crippen LogP contribution in [-0.4, -0.2) is 29.1 Å². The summed E-state index contributed by atoms with van der Waals surface area (Å²) in [5.41, 5.74) is 0.714. The second kappa shape index (κ2) is 8.55. The van der Waals surface area contributed by atoms with Crippen molar-refractivity contribution in [2.24, 2.45) is 0 Å². The number of hydrogen-bond acceptors (Lipinski definition) is 7. The summed E-state index contributed by atoms with van der Waals surface area (Å²) in [5.74, 6) is 0.237. The smallest absolute Gasteiger partial charge is 0.350 e. The van der Waals surface area contributed by atoms with Crippen molar-refractivity contribution in [1.82, 2.24) is 9.97 Å². The van der Waals surface area contributed by atoms with Crippen LogP contribution in [0.3, 0.4) is 0 Å². The van der Waals surface area contributed by atoms with E-state index in [4.69, 9.17) is 4.74 Å². The van der Waals surface area contributed by atoms with E-state index < -0.39 is 0 Å². The SMILES string of the molecule is C=CCNc1nc(CSc2ccccn2)c(C(=O)OCC)s1. The van der Waals surface area contributed by atoms with Gasteiger partial charge in [0.05, 0.1) is 17.3 Å². The molecular weight excluding hydrogens is 318 g/mol. The second-order valence-corrected chi connectivity index (χ2v) is 6.14. The van der Waals surface area contributed by atoms with Crippen LogP contribution in [0.1, 0.15) is 22.3 Å². The van der Waals surface area contributed by atoms with E-state index in [1.807, 2.05) is 18.2 Å². The molecule has 0 saturated heterocycles. The minimum atomic E-state index is -0.330. The fourth-order valence-corrected chi connectivity index (χ4v) is 3.39. The first-order chi connectivity index (χ1) is 10.7. The Labute approximate surface area is 137 Å². The Kier molecular flexibility index (Phi) is 6.42. The lowest BCUT2D eigenvalue weighted by atomic mass is 10.4. The van der Waals surface area contributed by atoms with E-state index in [9.17, 15) is 4.79 Å². The summed E-state index contributed by atoms with van der Waals surface area (Å²) in [4.78, 5) is 21.3. The number of anilines is 1. The molecule has 0 atom stereocenters. The van der Waals surface area contributed by atoms with Crippen LogP contribution >= 0.6 is 23.1 Å². The molecule has 7 heteroatoms. The summed E-state index contributed by atoms with van der Waals surface area (Å²) in [7, 11) is 0. The maximum Gasteiger partial charge on any atom is 0.350 e. The number of thiazole rings is 1. The summed E-state index contributed by atoms with van der Waals surface area (Å²) in [6, 6.07) is 5.73. The maximum atomic E-state index is 12.0. The largest absolute Gasteiger partial charge is 0.462 e. The third-order valence-corrected chi connectivity index (χ3v) is 4.54. The van der Waals surface area contributed by atoms with Gasteiger partial charge in [0.15, 0.2) is 5.13 Å². The van der Waals surface area contributed by atoms with Gasteiger partial charge in [-0.15, -0.1) is 6.58 Å². The van der Waals surface area contributed by atoms with E-state index in [0.717, 1.165) is 5.03 Å². The number of carbonyl (C=O) groups excluding carboxylic acids is 1. The monoisotopic (exact) mass is 335 g/mol. The standard InChI is InChI=1S/C15H17N3O2S2/c1-3-8-17-15-18-11(13(22-15)14(19)20-4-2)10-21-12-7-5-6-9-16-12/h3,5-7,9H,1,4,8,10H2,2H3,(H,17,18). The number of nitrogens with one attached hydrogen (secondary N) is 1. The van der Waals surface area contributed by atoms with E-state index in [1.165, 1.54) is 23.1 Å². The van der Waals surface area contributed by atoms with Crippen LogP contribution in [0, 0.1) is 0 Å². The van der Waals surface area contributed by atoms with Gasteiger partial charge in [0.25, 0.3) is 0 Å². The zero-order valence-corrected chi connectivity index (χ0v) is 13.9. The van der Waals surface area contributed by atoms with E-state index in [2.05, 4.69) is 21.9 Å². The van der Waals surface area contributed by atoms with Crippen LogP contribution < -0.4 is 5.32 Å². The molecule has 0 amide bonds. The van der Waals surface area contributed by atoms with Gasteiger partial charge >= 0.3 is 5.97 Å². The molecule has 22 heavy (non-hydrogen) atoms. The van der Waals surface area contributed by atoms with Gasteiger partial charge in [-0.2, -0.15) is 0 Å². The number of rotatable bonds is 8. The number of nitrogens with zero attached hydrogens (tertiary/aromatic N) is 2. The number of aromatic nitrogens is 2. The first kappa shape index (κ1) is 16.5. The van der Waals surface area contributed by atoms with Crippen molar-refractivity contribution < 1.29 is 9.53 Å². The van der Waals surface area contributed by atoms with E-state index in [0.29, 0.717) is 34.6 Å². The minimum absolute atomic E-state index is 0.330. The Bertz CT molecular complexity index is 629. The molecule has 1 N–H and O–H groups in total. The van der Waals surface area contributed by atoms with Crippen molar-refractivity contribution in [3.05, 3.63) is 47.6 Å². The zero-order valence-electron chi connectivity index (χ0n) is 12.2. The quantitative estimate of drug-likeness (QED) is 0.452. The van der Waals surface area contributed by atoms with Crippen molar-refractivity contribution in [2.75, 3.05) is 18.5 Å². The van der Waals surface area contributed by atoms with Crippen LogP contribution in [0.5, 0.6) is 0 Å². The average molecular weight is 335 g/mol. The molecule has 0 bridgehead atoms. The molecule has 0 aliphatic rings. The highest BCUT2D eigenvalue weighted by molar-refractivity contribution is 7.98. The third-order valence-electron chi connectivity index (χ3n) is 2.55. The highest BCUT2D eigenvalue weighted by Gasteiger charge is 2.19. The molecule has 2 rings (SSSR count). The zero-order chi connectivity index (χ0) is 15.8. The summed E-state index contributed by atoms with van der Waals surface area (Å²) < 4.78 is 5.10. The molecule has 2 aromatic heterocycles. The van der Waals surface area contributed by atoms with E-state index >= 15 is 0 Å². The van der Waals surface area contributed by atoms with E-state index in [1.54, 1.807) is 19.2 Å². The minimum Gasteiger partial charge on any atom is -0.462 e. The summed E-state index contributed by atoms with van der Waals surface area (Å²) in [5, 5.41) is 4.70. The average Bonchev–Trinajstić information content (AvgIpc) is 2.95. The Morgan fingerprint density at radius 1 is 1.55 bits per heavy atom. The Morgan fingerprint density at radius 3 is 3.09 bits per heavy atom. The Balaban J connectivity index is 2.13. The molecule has 0 aliphatic heterocycles. The lowest BCUT2D eigenvalue weighted by Crippen LogP contribution is -2.05. The molecular formula is C15H17N3O2S2. The number of ether oxygens (including phenoxy) is 1. The van der Waals surface area contributed by atoms with E-state index in [-0.39, 0.29) is 5.97 Å². The summed E-state index contributed by atoms with van der Waals surface area (Å²) >= 11 is 2.84. The highest BCUT2D eigenvalue weighted by atomic mass is 32.2. The predicted octanol–water partition coefficient (Wildman–Crippen LogP) is 3.61. The van der Waals surface area contributed by atoms with Gasteiger partial charge in [-0.3, -0.25) is 0 Å². The van der Waals surface area contributed by atoms with Gasteiger partial charge in [0, 0.05) is 18.5 Å². The van der Waals surface area contributed by atoms with Crippen molar-refractivity contribution in [1.29, 1.82) is 0 Å². The fraction of sp³-hybridized carbons (Fsp3) is 0.267. The molecule has 116 valence electrons. The maximum absolute atomic E-state index is 12.0.